The van der Waals surface area contributed by atoms with Crippen molar-refractivity contribution < 1.29 is 0 Å². The Morgan fingerprint density at radius 1 is 1.57 bits per heavy atom. The summed E-state index contributed by atoms with van der Waals surface area (Å²) in [5, 5.41) is 8.32. The molecule has 0 aliphatic carbocycles. The molecule has 0 saturated carbocycles. The summed E-state index contributed by atoms with van der Waals surface area (Å²) in [5.41, 5.74) is 0. The summed E-state index contributed by atoms with van der Waals surface area (Å²) in [5.74, 6) is 0. The molecule has 0 heterocycles. The van der Waals surface area contributed by atoms with Gasteiger partial charge in [-0.1, -0.05) is 0 Å². The third-order valence-corrected chi connectivity index (χ3v) is 1.89. The van der Waals surface area contributed by atoms with Crippen LogP contribution in [0.1, 0.15) is 13.8 Å². The number of rotatable bonds is 1. The molecule has 0 saturated heterocycles. The summed E-state index contributed by atoms with van der Waals surface area (Å²) >= 11 is 1.57. The first-order valence-electron chi connectivity index (χ1n) is 2.09. The van der Waals surface area contributed by atoms with Crippen molar-refractivity contribution in [2.24, 2.45) is 0 Å². The van der Waals surface area contributed by atoms with E-state index in [9.17, 15) is 0 Å². The Morgan fingerprint density at radius 2 is 2.00 bits per heavy atom. The monoisotopic (exact) mass is 115 g/mol. The van der Waals surface area contributed by atoms with E-state index in [2.05, 4.69) is 6.07 Å². The van der Waals surface area contributed by atoms with Crippen molar-refractivity contribution in [1.29, 1.82) is 5.26 Å². The maximum atomic E-state index is 8.32. The average molecular weight is 115 g/mol. The van der Waals surface area contributed by atoms with Crippen molar-refractivity contribution in [2.45, 2.75) is 18.6 Å². The van der Waals surface area contributed by atoms with Crippen LogP contribution in [0.3, 0.4) is 0 Å². The predicted molar refractivity (Wildman–Crippen MR) is 33.2 cm³/mol. The molecule has 2 heteroatoms. The molecule has 0 aromatic rings. The Labute approximate surface area is 48.7 Å². The molecule has 1 nitrogen and oxygen atoms in total. The van der Waals surface area contributed by atoms with Gasteiger partial charge in [-0.25, -0.2) is 0 Å². The molecule has 0 aromatic heterocycles. The predicted octanol–water partition coefficient (Wildman–Crippen LogP) is 1.65. The van der Waals surface area contributed by atoms with Crippen LogP contribution in [0.2, 0.25) is 0 Å². The van der Waals surface area contributed by atoms with Gasteiger partial charge >= 0.3 is 0 Å². The molecule has 0 amide bonds. The van der Waals surface area contributed by atoms with Crippen LogP contribution in [0.5, 0.6) is 0 Å². The third-order valence-electron chi connectivity index (χ3n) is 0.780. The van der Waals surface area contributed by atoms with Gasteiger partial charge in [0.1, 0.15) is 0 Å². The normalized spacial score (nSPS) is 10.6. The molecule has 40 valence electrons. The van der Waals surface area contributed by atoms with Gasteiger partial charge in [-0.3, -0.25) is 0 Å². The summed E-state index contributed by atoms with van der Waals surface area (Å²) in [7, 11) is 0. The number of thioether (sulfide) groups is 1. The van der Waals surface area contributed by atoms with E-state index >= 15 is 0 Å². The minimum Gasteiger partial charge on any atom is -0.197 e. The molecule has 0 fully saturated rings. The highest BCUT2D eigenvalue weighted by Gasteiger charge is 2.12. The molecule has 7 heavy (non-hydrogen) atoms. The van der Waals surface area contributed by atoms with Gasteiger partial charge < -0.3 is 0 Å². The van der Waals surface area contributed by atoms with E-state index in [4.69, 9.17) is 5.26 Å². The van der Waals surface area contributed by atoms with Gasteiger partial charge in [0.2, 0.25) is 0 Å². The Hall–Kier alpha value is -0.160. The summed E-state index contributed by atoms with van der Waals surface area (Å²) in [6.45, 7) is 3.80. The summed E-state index contributed by atoms with van der Waals surface area (Å²) in [4.78, 5) is 0. The minimum atomic E-state index is -0.194. The molecular formula is C5H9NS. The van der Waals surface area contributed by atoms with Crippen LogP contribution in [-0.4, -0.2) is 11.0 Å². The highest BCUT2D eigenvalue weighted by atomic mass is 32.2. The smallest absolute Gasteiger partial charge is 0.0964 e. The second-order valence-electron chi connectivity index (χ2n) is 1.83. The van der Waals surface area contributed by atoms with Crippen molar-refractivity contribution in [3.05, 3.63) is 0 Å². The van der Waals surface area contributed by atoms with Gasteiger partial charge in [-0.15, -0.1) is 11.8 Å². The lowest BCUT2D eigenvalue weighted by Crippen LogP contribution is -2.08. The molecule has 0 N–H and O–H groups in total. The zero-order chi connectivity index (χ0) is 5.91. The molecule has 0 spiro atoms. The van der Waals surface area contributed by atoms with Crippen molar-refractivity contribution in [2.75, 3.05) is 6.26 Å². The second kappa shape index (κ2) is 2.23. The molecule has 0 aliphatic heterocycles. The fourth-order valence-corrected chi connectivity index (χ4v) is 0.137. The first-order valence-corrected chi connectivity index (χ1v) is 3.31. The van der Waals surface area contributed by atoms with Gasteiger partial charge in [0.05, 0.1) is 10.8 Å². The van der Waals surface area contributed by atoms with E-state index in [0.717, 1.165) is 0 Å². The van der Waals surface area contributed by atoms with Crippen LogP contribution in [0.4, 0.5) is 0 Å². The van der Waals surface area contributed by atoms with Crippen molar-refractivity contribution >= 4 is 11.8 Å². The Kier molecular flexibility index (Phi) is 2.17. The fourth-order valence-electron chi connectivity index (χ4n) is 0.0456. The number of hydrogen-bond donors (Lipinski definition) is 0. The maximum absolute atomic E-state index is 8.32. The van der Waals surface area contributed by atoms with Gasteiger partial charge in [-0.2, -0.15) is 5.26 Å². The van der Waals surface area contributed by atoms with E-state index in [1.165, 1.54) is 0 Å². The number of nitriles is 1. The summed E-state index contributed by atoms with van der Waals surface area (Å²) < 4.78 is -0.194. The highest BCUT2D eigenvalue weighted by Crippen LogP contribution is 2.18. The van der Waals surface area contributed by atoms with Gasteiger partial charge in [0.15, 0.2) is 0 Å². The van der Waals surface area contributed by atoms with Crippen LogP contribution in [0.15, 0.2) is 0 Å². The molecule has 0 rings (SSSR count). The van der Waals surface area contributed by atoms with E-state index in [-0.39, 0.29) is 4.75 Å². The average Bonchev–Trinajstić information content (AvgIpc) is 1.68. The third kappa shape index (κ3) is 2.52. The Balaban J connectivity index is 3.66. The lowest BCUT2D eigenvalue weighted by molar-refractivity contribution is 0.917. The van der Waals surface area contributed by atoms with E-state index in [1.54, 1.807) is 11.8 Å². The van der Waals surface area contributed by atoms with Crippen LogP contribution in [0.25, 0.3) is 0 Å². The van der Waals surface area contributed by atoms with Crippen molar-refractivity contribution in [3.8, 4) is 6.07 Å². The quantitative estimate of drug-likeness (QED) is 0.519. The Bertz CT molecular complexity index is 90.7. The summed E-state index contributed by atoms with van der Waals surface area (Å²) in [6, 6.07) is 2.15. The first kappa shape index (κ1) is 6.84. The molecule has 0 atom stereocenters. The first-order chi connectivity index (χ1) is 3.12. The maximum Gasteiger partial charge on any atom is 0.0964 e. The van der Waals surface area contributed by atoms with E-state index in [1.807, 2.05) is 20.1 Å². The number of hydrogen-bond acceptors (Lipinski definition) is 2. The van der Waals surface area contributed by atoms with Gasteiger partial charge in [0.25, 0.3) is 0 Å². The molecule has 0 radical (unpaired) electrons. The largest absolute Gasteiger partial charge is 0.197 e. The molecule has 0 bridgehead atoms. The van der Waals surface area contributed by atoms with Gasteiger partial charge in [-0.05, 0) is 20.1 Å². The lowest BCUT2D eigenvalue weighted by Gasteiger charge is -2.08. The number of nitrogens with zero attached hydrogens (tertiary/aromatic N) is 1. The fraction of sp³-hybridized carbons (Fsp3) is 0.800. The molecular weight excluding hydrogens is 106 g/mol. The topological polar surface area (TPSA) is 23.8 Å². The molecule has 0 aromatic carbocycles. The standard InChI is InChI=1S/C5H9NS/c1-5(2,4-6)7-3/h1-3H3. The zero-order valence-corrected chi connectivity index (χ0v) is 5.67. The van der Waals surface area contributed by atoms with E-state index < -0.39 is 0 Å². The van der Waals surface area contributed by atoms with Crippen LogP contribution >= 0.6 is 11.8 Å². The van der Waals surface area contributed by atoms with Crippen LogP contribution < -0.4 is 0 Å². The SMILES string of the molecule is CSC(C)(C)C#N. The minimum absolute atomic E-state index is 0.194. The highest BCUT2D eigenvalue weighted by molar-refractivity contribution is 8.00. The second-order valence-corrected chi connectivity index (χ2v) is 3.26. The molecule has 0 unspecified atom stereocenters. The Morgan fingerprint density at radius 3 is 2.00 bits per heavy atom. The van der Waals surface area contributed by atoms with Gasteiger partial charge in [0, 0.05) is 0 Å². The van der Waals surface area contributed by atoms with Crippen molar-refractivity contribution in [3.63, 3.8) is 0 Å². The zero-order valence-electron chi connectivity index (χ0n) is 4.86. The molecule has 0 aliphatic rings. The van der Waals surface area contributed by atoms with Crippen LogP contribution in [-0.2, 0) is 0 Å². The lowest BCUT2D eigenvalue weighted by atomic mass is 10.2. The van der Waals surface area contributed by atoms with E-state index in [0.29, 0.717) is 0 Å². The summed E-state index contributed by atoms with van der Waals surface area (Å²) in [6.07, 6.45) is 1.93. The van der Waals surface area contributed by atoms with Crippen molar-refractivity contribution in [1.82, 2.24) is 0 Å². The van der Waals surface area contributed by atoms with Crippen LogP contribution in [0, 0.1) is 11.3 Å².